The number of nitrogens with two attached hydrogens (primary N) is 1. The molecule has 0 aliphatic rings. The zero-order chi connectivity index (χ0) is 15.2. The highest BCUT2D eigenvalue weighted by molar-refractivity contribution is 5.77. The Morgan fingerprint density at radius 3 is 1.90 bits per heavy atom. The zero-order valence-corrected chi connectivity index (χ0v) is 12.4. The van der Waals surface area contributed by atoms with E-state index >= 15 is 0 Å². The van der Waals surface area contributed by atoms with Crippen molar-refractivity contribution in [2.75, 3.05) is 27.1 Å². The molecule has 0 bridgehead atoms. The van der Waals surface area contributed by atoms with E-state index in [4.69, 9.17) is 19.9 Å². The summed E-state index contributed by atoms with van der Waals surface area (Å²) in [6.45, 7) is 0. The second-order valence-electron chi connectivity index (χ2n) is 4.47. The first-order valence-electron chi connectivity index (χ1n) is 6.51. The summed E-state index contributed by atoms with van der Waals surface area (Å²) in [6.07, 6.45) is 3.91. The number of benzene rings is 2. The van der Waals surface area contributed by atoms with Crippen molar-refractivity contribution in [3.63, 3.8) is 0 Å². The van der Waals surface area contributed by atoms with Crippen LogP contribution in [0.4, 0.5) is 5.69 Å². The van der Waals surface area contributed by atoms with Crippen LogP contribution in [-0.2, 0) is 0 Å². The van der Waals surface area contributed by atoms with Gasteiger partial charge < -0.3 is 19.9 Å². The first-order valence-corrected chi connectivity index (χ1v) is 6.51. The normalized spacial score (nSPS) is 10.6. The molecule has 0 spiro atoms. The van der Waals surface area contributed by atoms with E-state index in [0.29, 0.717) is 5.69 Å². The molecule has 0 unspecified atom stereocenters. The summed E-state index contributed by atoms with van der Waals surface area (Å²) in [5.41, 5.74) is 8.56. The highest BCUT2D eigenvalue weighted by atomic mass is 16.5. The summed E-state index contributed by atoms with van der Waals surface area (Å²) in [5, 5.41) is 0. The molecule has 2 N–H and O–H groups in total. The number of anilines is 1. The molecule has 4 heteroatoms. The van der Waals surface area contributed by atoms with Gasteiger partial charge in [0.05, 0.1) is 21.3 Å². The molecule has 0 saturated carbocycles. The fourth-order valence-electron chi connectivity index (χ4n) is 1.94. The highest BCUT2D eigenvalue weighted by Gasteiger charge is 2.01. The SMILES string of the molecule is COc1cc(C=Cc2ccc(OC)cc2N)cc(OC)c1. The van der Waals surface area contributed by atoms with Crippen molar-refractivity contribution in [2.24, 2.45) is 0 Å². The van der Waals surface area contributed by atoms with Crippen LogP contribution < -0.4 is 19.9 Å². The zero-order valence-electron chi connectivity index (χ0n) is 12.4. The van der Waals surface area contributed by atoms with Gasteiger partial charge in [-0.1, -0.05) is 12.2 Å². The van der Waals surface area contributed by atoms with Crippen molar-refractivity contribution < 1.29 is 14.2 Å². The van der Waals surface area contributed by atoms with E-state index in [-0.39, 0.29) is 0 Å². The quantitative estimate of drug-likeness (QED) is 0.675. The number of rotatable bonds is 5. The minimum absolute atomic E-state index is 0.667. The Labute approximate surface area is 124 Å². The Hall–Kier alpha value is -2.62. The van der Waals surface area contributed by atoms with Crippen molar-refractivity contribution in [3.05, 3.63) is 47.5 Å². The smallest absolute Gasteiger partial charge is 0.123 e. The van der Waals surface area contributed by atoms with Gasteiger partial charge in [-0.05, 0) is 35.4 Å². The van der Waals surface area contributed by atoms with E-state index in [1.54, 1.807) is 27.4 Å². The van der Waals surface area contributed by atoms with Gasteiger partial charge in [-0.2, -0.15) is 0 Å². The van der Waals surface area contributed by atoms with Crippen LogP contribution in [0, 0.1) is 0 Å². The Bertz CT molecular complexity index is 628. The molecular weight excluding hydrogens is 266 g/mol. The maximum Gasteiger partial charge on any atom is 0.123 e. The van der Waals surface area contributed by atoms with E-state index in [1.807, 2.05) is 42.5 Å². The van der Waals surface area contributed by atoms with Crippen LogP contribution in [0.15, 0.2) is 36.4 Å². The monoisotopic (exact) mass is 285 g/mol. The van der Waals surface area contributed by atoms with Crippen LogP contribution in [0.2, 0.25) is 0 Å². The van der Waals surface area contributed by atoms with Crippen molar-refractivity contribution in [1.29, 1.82) is 0 Å². The van der Waals surface area contributed by atoms with Gasteiger partial charge in [0, 0.05) is 17.8 Å². The van der Waals surface area contributed by atoms with Gasteiger partial charge in [0.25, 0.3) is 0 Å². The standard InChI is InChI=1S/C17H19NO3/c1-19-14-7-6-13(17(18)11-14)5-4-12-8-15(20-2)10-16(9-12)21-3/h4-11H,18H2,1-3H3. The molecule has 2 aromatic rings. The first kappa shape index (κ1) is 14.8. The molecule has 0 fully saturated rings. The van der Waals surface area contributed by atoms with E-state index < -0.39 is 0 Å². The number of ether oxygens (including phenoxy) is 3. The molecule has 2 rings (SSSR count). The summed E-state index contributed by atoms with van der Waals surface area (Å²) in [4.78, 5) is 0. The Morgan fingerprint density at radius 1 is 0.762 bits per heavy atom. The largest absolute Gasteiger partial charge is 0.497 e. The van der Waals surface area contributed by atoms with Gasteiger partial charge in [0.1, 0.15) is 17.2 Å². The van der Waals surface area contributed by atoms with Crippen molar-refractivity contribution in [2.45, 2.75) is 0 Å². The number of nitrogen functional groups attached to an aromatic ring is 1. The fourth-order valence-corrected chi connectivity index (χ4v) is 1.94. The third-order valence-electron chi connectivity index (χ3n) is 3.12. The maximum absolute atomic E-state index is 5.99. The molecule has 0 atom stereocenters. The molecule has 4 nitrogen and oxygen atoms in total. The lowest BCUT2D eigenvalue weighted by molar-refractivity contribution is 0.394. The lowest BCUT2D eigenvalue weighted by atomic mass is 10.1. The predicted octanol–water partition coefficient (Wildman–Crippen LogP) is 3.47. The topological polar surface area (TPSA) is 53.7 Å². The third-order valence-corrected chi connectivity index (χ3v) is 3.12. The predicted molar refractivity (Wildman–Crippen MR) is 85.9 cm³/mol. The molecule has 0 aliphatic heterocycles. The number of hydrogen-bond donors (Lipinski definition) is 1. The number of hydrogen-bond acceptors (Lipinski definition) is 4. The molecule has 0 aliphatic carbocycles. The molecule has 0 radical (unpaired) electrons. The summed E-state index contributed by atoms with van der Waals surface area (Å²) < 4.78 is 15.6. The summed E-state index contributed by atoms with van der Waals surface area (Å²) in [6, 6.07) is 11.3. The van der Waals surface area contributed by atoms with E-state index in [1.165, 1.54) is 0 Å². The third kappa shape index (κ3) is 3.69. The average Bonchev–Trinajstić information content (AvgIpc) is 2.53. The molecule has 2 aromatic carbocycles. The minimum atomic E-state index is 0.667. The molecule has 0 saturated heterocycles. The summed E-state index contributed by atoms with van der Waals surface area (Å²) in [5.74, 6) is 2.24. The van der Waals surface area contributed by atoms with Gasteiger partial charge in [-0.15, -0.1) is 0 Å². The van der Waals surface area contributed by atoms with E-state index in [9.17, 15) is 0 Å². The highest BCUT2D eigenvalue weighted by Crippen LogP contribution is 2.25. The van der Waals surface area contributed by atoms with Crippen LogP contribution >= 0.6 is 0 Å². The van der Waals surface area contributed by atoms with Gasteiger partial charge >= 0.3 is 0 Å². The summed E-state index contributed by atoms with van der Waals surface area (Å²) >= 11 is 0. The average molecular weight is 285 g/mol. The molecule has 0 heterocycles. The van der Waals surface area contributed by atoms with Crippen molar-refractivity contribution >= 4 is 17.8 Å². The van der Waals surface area contributed by atoms with Gasteiger partial charge in [0.15, 0.2) is 0 Å². The van der Waals surface area contributed by atoms with Crippen LogP contribution in [0.5, 0.6) is 17.2 Å². The lowest BCUT2D eigenvalue weighted by Crippen LogP contribution is -1.91. The van der Waals surface area contributed by atoms with Crippen molar-refractivity contribution in [3.8, 4) is 17.2 Å². The molecular formula is C17H19NO3. The molecule has 0 aromatic heterocycles. The first-order chi connectivity index (χ1) is 10.2. The molecule has 0 amide bonds. The molecule has 21 heavy (non-hydrogen) atoms. The molecule has 110 valence electrons. The Balaban J connectivity index is 2.28. The number of methoxy groups -OCH3 is 3. The van der Waals surface area contributed by atoms with Crippen molar-refractivity contribution in [1.82, 2.24) is 0 Å². The fraction of sp³-hybridized carbons (Fsp3) is 0.176. The Morgan fingerprint density at radius 2 is 1.38 bits per heavy atom. The summed E-state index contributed by atoms with van der Waals surface area (Å²) in [7, 11) is 4.88. The van der Waals surface area contributed by atoms with Gasteiger partial charge in [-0.25, -0.2) is 0 Å². The maximum atomic E-state index is 5.99. The van der Waals surface area contributed by atoms with Crippen LogP contribution in [0.1, 0.15) is 11.1 Å². The Kier molecular flexibility index (Phi) is 4.72. The lowest BCUT2D eigenvalue weighted by Gasteiger charge is -2.06. The second kappa shape index (κ2) is 6.70. The van der Waals surface area contributed by atoms with E-state index in [2.05, 4.69) is 0 Å². The van der Waals surface area contributed by atoms with E-state index in [0.717, 1.165) is 28.4 Å². The van der Waals surface area contributed by atoms with Gasteiger partial charge in [-0.3, -0.25) is 0 Å². The second-order valence-corrected chi connectivity index (χ2v) is 4.47. The van der Waals surface area contributed by atoms with Gasteiger partial charge in [0.2, 0.25) is 0 Å². The van der Waals surface area contributed by atoms with Crippen LogP contribution in [0.3, 0.4) is 0 Å². The van der Waals surface area contributed by atoms with Crippen LogP contribution in [-0.4, -0.2) is 21.3 Å². The van der Waals surface area contributed by atoms with Crippen LogP contribution in [0.25, 0.3) is 12.2 Å². The minimum Gasteiger partial charge on any atom is -0.497 e.